The molecule has 1 aromatic carbocycles. The number of rotatable bonds is 3. The second-order valence-electron chi connectivity index (χ2n) is 2.77. The molecule has 0 aliphatic rings. The van der Waals surface area contributed by atoms with Gasteiger partial charge in [0.15, 0.2) is 0 Å². The SMILES string of the molecule is CC(CO)Nc1ccc(O)cc1. The molecule has 12 heavy (non-hydrogen) atoms. The Balaban J connectivity index is 2.58. The van der Waals surface area contributed by atoms with Gasteiger partial charge in [0.2, 0.25) is 0 Å². The predicted octanol–water partition coefficient (Wildman–Crippen LogP) is 1.18. The highest BCUT2D eigenvalue weighted by Gasteiger charge is 1.98. The van der Waals surface area contributed by atoms with Crippen LogP contribution in [0.3, 0.4) is 0 Å². The van der Waals surface area contributed by atoms with Crippen molar-refractivity contribution in [2.45, 2.75) is 13.0 Å². The molecule has 0 fully saturated rings. The molecular weight excluding hydrogens is 154 g/mol. The molecule has 1 aromatic rings. The van der Waals surface area contributed by atoms with Crippen LogP contribution in [0, 0.1) is 0 Å². The van der Waals surface area contributed by atoms with Crippen LogP contribution in [0.5, 0.6) is 5.75 Å². The van der Waals surface area contributed by atoms with E-state index in [9.17, 15) is 0 Å². The van der Waals surface area contributed by atoms with Crippen molar-refractivity contribution in [3.05, 3.63) is 24.3 Å². The lowest BCUT2D eigenvalue weighted by molar-refractivity contribution is 0.281. The van der Waals surface area contributed by atoms with Crippen LogP contribution in [0.4, 0.5) is 5.69 Å². The lowest BCUT2D eigenvalue weighted by atomic mass is 10.2. The highest BCUT2D eigenvalue weighted by Crippen LogP contribution is 2.14. The predicted molar refractivity (Wildman–Crippen MR) is 48.3 cm³/mol. The molecule has 0 aromatic heterocycles. The summed E-state index contributed by atoms with van der Waals surface area (Å²) >= 11 is 0. The van der Waals surface area contributed by atoms with Crippen LogP contribution in [0.25, 0.3) is 0 Å². The summed E-state index contributed by atoms with van der Waals surface area (Å²) in [6.07, 6.45) is 0. The first kappa shape index (κ1) is 8.87. The van der Waals surface area contributed by atoms with Crippen LogP contribution >= 0.6 is 0 Å². The van der Waals surface area contributed by atoms with Crippen LogP contribution in [-0.4, -0.2) is 22.9 Å². The van der Waals surface area contributed by atoms with E-state index in [1.807, 2.05) is 6.92 Å². The third-order valence-electron chi connectivity index (χ3n) is 1.55. The lowest BCUT2D eigenvalue weighted by Gasteiger charge is -2.11. The highest BCUT2D eigenvalue weighted by molar-refractivity contribution is 5.46. The summed E-state index contributed by atoms with van der Waals surface area (Å²) in [6, 6.07) is 6.77. The maximum absolute atomic E-state index is 8.97. The van der Waals surface area contributed by atoms with E-state index in [1.165, 1.54) is 0 Å². The number of aliphatic hydroxyl groups excluding tert-OH is 1. The van der Waals surface area contributed by atoms with E-state index in [-0.39, 0.29) is 18.4 Å². The van der Waals surface area contributed by atoms with Gasteiger partial charge in [-0.05, 0) is 31.2 Å². The van der Waals surface area contributed by atoms with Gasteiger partial charge < -0.3 is 15.5 Å². The molecule has 1 atom stereocenters. The van der Waals surface area contributed by atoms with Crippen LogP contribution in [-0.2, 0) is 0 Å². The number of hydrogen-bond donors (Lipinski definition) is 3. The number of nitrogens with one attached hydrogen (secondary N) is 1. The molecule has 0 saturated carbocycles. The highest BCUT2D eigenvalue weighted by atomic mass is 16.3. The first-order chi connectivity index (χ1) is 5.72. The summed E-state index contributed by atoms with van der Waals surface area (Å²) in [7, 11) is 0. The van der Waals surface area contributed by atoms with Gasteiger partial charge in [0.25, 0.3) is 0 Å². The maximum atomic E-state index is 8.97. The third-order valence-corrected chi connectivity index (χ3v) is 1.55. The summed E-state index contributed by atoms with van der Waals surface area (Å²) in [6.45, 7) is 1.98. The maximum Gasteiger partial charge on any atom is 0.115 e. The lowest BCUT2D eigenvalue weighted by Crippen LogP contribution is -2.18. The molecule has 66 valence electrons. The zero-order valence-electron chi connectivity index (χ0n) is 6.99. The van der Waals surface area contributed by atoms with Gasteiger partial charge in [0.1, 0.15) is 5.75 Å². The Morgan fingerprint density at radius 3 is 2.42 bits per heavy atom. The van der Waals surface area contributed by atoms with Crippen molar-refractivity contribution < 1.29 is 10.2 Å². The Morgan fingerprint density at radius 1 is 1.33 bits per heavy atom. The third kappa shape index (κ3) is 2.43. The molecule has 0 heterocycles. The Morgan fingerprint density at radius 2 is 1.92 bits per heavy atom. The quantitative estimate of drug-likeness (QED) is 0.592. The Labute approximate surface area is 71.7 Å². The van der Waals surface area contributed by atoms with Gasteiger partial charge >= 0.3 is 0 Å². The molecule has 1 rings (SSSR count). The molecule has 0 spiro atoms. The van der Waals surface area contributed by atoms with Crippen molar-refractivity contribution in [2.24, 2.45) is 0 Å². The number of aromatic hydroxyl groups is 1. The first-order valence-corrected chi connectivity index (χ1v) is 3.89. The van der Waals surface area contributed by atoms with Crippen LogP contribution in [0.1, 0.15) is 6.92 Å². The van der Waals surface area contributed by atoms with Gasteiger partial charge in [-0.25, -0.2) is 0 Å². The van der Waals surface area contributed by atoms with Crippen LogP contribution in [0.2, 0.25) is 0 Å². The van der Waals surface area contributed by atoms with Gasteiger partial charge in [0.05, 0.1) is 6.61 Å². The zero-order valence-corrected chi connectivity index (χ0v) is 6.99. The average Bonchev–Trinajstić information content (AvgIpc) is 2.09. The molecule has 3 heteroatoms. The smallest absolute Gasteiger partial charge is 0.115 e. The van der Waals surface area contributed by atoms with E-state index in [0.29, 0.717) is 0 Å². The molecule has 0 radical (unpaired) electrons. The molecule has 1 unspecified atom stereocenters. The van der Waals surface area contributed by atoms with Crippen molar-refractivity contribution in [2.75, 3.05) is 11.9 Å². The van der Waals surface area contributed by atoms with E-state index < -0.39 is 0 Å². The molecule has 0 saturated heterocycles. The van der Waals surface area contributed by atoms with Crippen LogP contribution in [0.15, 0.2) is 24.3 Å². The van der Waals surface area contributed by atoms with Crippen molar-refractivity contribution in [1.82, 2.24) is 0 Å². The van der Waals surface area contributed by atoms with Gasteiger partial charge in [0, 0.05) is 11.7 Å². The Kier molecular flexibility index (Phi) is 2.94. The molecule has 0 aliphatic heterocycles. The summed E-state index contributed by atoms with van der Waals surface area (Å²) in [5, 5.41) is 20.8. The molecule has 0 amide bonds. The fraction of sp³-hybridized carbons (Fsp3) is 0.333. The topological polar surface area (TPSA) is 52.5 Å². The van der Waals surface area contributed by atoms with Crippen molar-refractivity contribution in [3.63, 3.8) is 0 Å². The van der Waals surface area contributed by atoms with Crippen molar-refractivity contribution in [1.29, 1.82) is 0 Å². The monoisotopic (exact) mass is 167 g/mol. The summed E-state index contributed by atoms with van der Waals surface area (Å²) in [5.74, 6) is 0.247. The standard InChI is InChI=1S/C9H13NO2/c1-7(6-11)10-8-2-4-9(12)5-3-8/h2-5,7,10-12H,6H2,1H3. The number of phenols is 1. The Hall–Kier alpha value is -1.22. The number of phenolic OH excluding ortho intramolecular Hbond substituents is 1. The molecule has 0 bridgehead atoms. The van der Waals surface area contributed by atoms with Crippen molar-refractivity contribution in [3.8, 4) is 5.75 Å². The van der Waals surface area contributed by atoms with Gasteiger partial charge in [-0.15, -0.1) is 0 Å². The number of aliphatic hydroxyl groups is 1. The van der Waals surface area contributed by atoms with Gasteiger partial charge in [-0.1, -0.05) is 0 Å². The van der Waals surface area contributed by atoms with E-state index >= 15 is 0 Å². The summed E-state index contributed by atoms with van der Waals surface area (Å²) in [5.41, 5.74) is 0.898. The summed E-state index contributed by atoms with van der Waals surface area (Å²) < 4.78 is 0. The fourth-order valence-electron chi connectivity index (χ4n) is 0.888. The molecule has 3 N–H and O–H groups in total. The van der Waals surface area contributed by atoms with E-state index in [0.717, 1.165) is 5.69 Å². The second kappa shape index (κ2) is 3.97. The Bertz CT molecular complexity index is 233. The van der Waals surface area contributed by atoms with Gasteiger partial charge in [-0.3, -0.25) is 0 Å². The largest absolute Gasteiger partial charge is 0.508 e. The second-order valence-corrected chi connectivity index (χ2v) is 2.77. The van der Waals surface area contributed by atoms with E-state index in [2.05, 4.69) is 5.32 Å². The number of anilines is 1. The first-order valence-electron chi connectivity index (χ1n) is 3.89. The van der Waals surface area contributed by atoms with E-state index in [4.69, 9.17) is 10.2 Å². The molecule has 3 nitrogen and oxygen atoms in total. The number of benzene rings is 1. The minimum Gasteiger partial charge on any atom is -0.508 e. The number of hydrogen-bond acceptors (Lipinski definition) is 3. The van der Waals surface area contributed by atoms with Crippen molar-refractivity contribution >= 4 is 5.69 Å². The normalized spacial score (nSPS) is 12.5. The van der Waals surface area contributed by atoms with E-state index in [1.54, 1.807) is 24.3 Å². The van der Waals surface area contributed by atoms with Crippen LogP contribution < -0.4 is 5.32 Å². The van der Waals surface area contributed by atoms with Gasteiger partial charge in [-0.2, -0.15) is 0 Å². The molecule has 0 aliphatic carbocycles. The molecular formula is C9H13NO2. The minimum atomic E-state index is 0.0366. The fourth-order valence-corrected chi connectivity index (χ4v) is 0.888. The zero-order chi connectivity index (χ0) is 8.97. The summed E-state index contributed by atoms with van der Waals surface area (Å²) in [4.78, 5) is 0. The minimum absolute atomic E-state index is 0.0366. The average molecular weight is 167 g/mol.